The Labute approximate surface area is 138 Å². The minimum atomic E-state index is -0.162. The number of methoxy groups -OCH3 is 1. The van der Waals surface area contributed by atoms with Crippen LogP contribution in [-0.2, 0) is 16.1 Å². The van der Waals surface area contributed by atoms with E-state index in [1.165, 1.54) is 0 Å². The minimum Gasteiger partial charge on any atom is -0.497 e. The highest BCUT2D eigenvalue weighted by Crippen LogP contribution is 2.40. The number of nitrogens with one attached hydrogen (secondary N) is 1. The van der Waals surface area contributed by atoms with Gasteiger partial charge in [0.1, 0.15) is 5.75 Å². The molecule has 2 atom stereocenters. The fourth-order valence-corrected chi connectivity index (χ4v) is 2.61. The maximum atomic E-state index is 12.2. The van der Waals surface area contributed by atoms with E-state index < -0.39 is 0 Å². The first-order valence-electron chi connectivity index (χ1n) is 8.22. The molecule has 0 spiro atoms. The van der Waals surface area contributed by atoms with Crippen LogP contribution in [0.2, 0.25) is 0 Å². The average molecular weight is 318 g/mol. The predicted octanol–water partition coefficient (Wildman–Crippen LogP) is 2.21. The van der Waals surface area contributed by atoms with Crippen LogP contribution < -0.4 is 10.1 Å². The Morgan fingerprint density at radius 3 is 2.57 bits per heavy atom. The predicted molar refractivity (Wildman–Crippen MR) is 89.0 cm³/mol. The summed E-state index contributed by atoms with van der Waals surface area (Å²) in [5.41, 5.74) is 1.02. The van der Waals surface area contributed by atoms with Gasteiger partial charge in [0.15, 0.2) is 0 Å². The standard InChI is InChI=1S/C18H26N2O3/c1-4-5-10-20(2)18(22)16-11-15(16)17(21)19-12-13-6-8-14(23-3)9-7-13/h6-9,15-16H,4-5,10-12H2,1-3H3,(H,19,21). The number of unbranched alkanes of at least 4 members (excludes halogenated alkanes) is 1. The molecule has 1 aliphatic carbocycles. The van der Waals surface area contributed by atoms with Crippen molar-refractivity contribution in [2.24, 2.45) is 11.8 Å². The van der Waals surface area contributed by atoms with Crippen molar-refractivity contribution >= 4 is 11.8 Å². The minimum absolute atomic E-state index is 0.0249. The Bertz CT molecular complexity index is 542. The Kier molecular flexibility index (Phi) is 6.02. The highest BCUT2D eigenvalue weighted by atomic mass is 16.5. The third-order valence-corrected chi connectivity index (χ3v) is 4.29. The fraction of sp³-hybridized carbons (Fsp3) is 0.556. The first-order chi connectivity index (χ1) is 11.1. The van der Waals surface area contributed by atoms with Crippen LogP contribution in [0, 0.1) is 11.8 Å². The van der Waals surface area contributed by atoms with E-state index in [9.17, 15) is 9.59 Å². The molecule has 23 heavy (non-hydrogen) atoms. The van der Waals surface area contributed by atoms with Crippen molar-refractivity contribution in [2.75, 3.05) is 20.7 Å². The molecule has 0 radical (unpaired) electrons. The van der Waals surface area contributed by atoms with E-state index in [1.54, 1.807) is 12.0 Å². The maximum absolute atomic E-state index is 12.2. The van der Waals surface area contributed by atoms with Crippen LogP contribution in [0.15, 0.2) is 24.3 Å². The number of nitrogens with zero attached hydrogens (tertiary/aromatic N) is 1. The number of hydrogen-bond acceptors (Lipinski definition) is 3. The lowest BCUT2D eigenvalue weighted by Gasteiger charge is -2.16. The molecule has 0 aliphatic heterocycles. The molecule has 1 aliphatic rings. The van der Waals surface area contributed by atoms with Crippen molar-refractivity contribution in [1.29, 1.82) is 0 Å². The van der Waals surface area contributed by atoms with Gasteiger partial charge >= 0.3 is 0 Å². The topological polar surface area (TPSA) is 58.6 Å². The number of ether oxygens (including phenoxy) is 1. The van der Waals surface area contributed by atoms with Crippen molar-refractivity contribution in [3.63, 3.8) is 0 Å². The van der Waals surface area contributed by atoms with Gasteiger partial charge in [0.2, 0.25) is 11.8 Å². The molecule has 0 heterocycles. The molecule has 2 unspecified atom stereocenters. The lowest BCUT2D eigenvalue weighted by molar-refractivity contribution is -0.133. The summed E-state index contributed by atoms with van der Waals surface area (Å²) in [5.74, 6) is 0.576. The van der Waals surface area contributed by atoms with Gasteiger partial charge in [-0.1, -0.05) is 25.5 Å². The molecule has 1 N–H and O–H groups in total. The highest BCUT2D eigenvalue weighted by Gasteiger charge is 2.48. The number of amides is 2. The Hall–Kier alpha value is -2.04. The average Bonchev–Trinajstić information content (AvgIpc) is 3.38. The van der Waals surface area contributed by atoms with Crippen LogP contribution in [0.4, 0.5) is 0 Å². The smallest absolute Gasteiger partial charge is 0.226 e. The lowest BCUT2D eigenvalue weighted by Crippen LogP contribution is -2.32. The summed E-state index contributed by atoms with van der Waals surface area (Å²) in [6.45, 7) is 3.35. The van der Waals surface area contributed by atoms with E-state index in [0.29, 0.717) is 13.0 Å². The van der Waals surface area contributed by atoms with Crippen LogP contribution >= 0.6 is 0 Å². The van der Waals surface area contributed by atoms with E-state index in [-0.39, 0.29) is 23.7 Å². The van der Waals surface area contributed by atoms with Crippen LogP contribution in [0.5, 0.6) is 5.75 Å². The number of rotatable bonds is 8. The second-order valence-electron chi connectivity index (χ2n) is 6.13. The van der Waals surface area contributed by atoms with Crippen molar-refractivity contribution < 1.29 is 14.3 Å². The quantitative estimate of drug-likeness (QED) is 0.799. The zero-order valence-corrected chi connectivity index (χ0v) is 14.2. The normalized spacial score (nSPS) is 19.1. The van der Waals surface area contributed by atoms with Crippen molar-refractivity contribution in [1.82, 2.24) is 10.2 Å². The molecule has 126 valence electrons. The van der Waals surface area contributed by atoms with Gasteiger partial charge in [-0.25, -0.2) is 0 Å². The zero-order chi connectivity index (χ0) is 16.8. The summed E-state index contributed by atoms with van der Waals surface area (Å²) >= 11 is 0. The number of benzene rings is 1. The summed E-state index contributed by atoms with van der Waals surface area (Å²) in [4.78, 5) is 26.1. The largest absolute Gasteiger partial charge is 0.497 e. The zero-order valence-electron chi connectivity index (χ0n) is 14.2. The van der Waals surface area contributed by atoms with Crippen LogP contribution in [-0.4, -0.2) is 37.4 Å². The van der Waals surface area contributed by atoms with Gasteiger partial charge in [0.25, 0.3) is 0 Å². The third kappa shape index (κ3) is 4.71. The van der Waals surface area contributed by atoms with Crippen LogP contribution in [0.25, 0.3) is 0 Å². The van der Waals surface area contributed by atoms with Crippen LogP contribution in [0.3, 0.4) is 0 Å². The summed E-state index contributed by atoms with van der Waals surface area (Å²) in [6.07, 6.45) is 2.74. The van der Waals surface area contributed by atoms with Gasteiger partial charge < -0.3 is 15.0 Å². The van der Waals surface area contributed by atoms with Gasteiger partial charge in [-0.2, -0.15) is 0 Å². The molecule has 2 amide bonds. The summed E-state index contributed by atoms with van der Waals surface area (Å²) in [6, 6.07) is 7.58. The lowest BCUT2D eigenvalue weighted by atomic mass is 10.2. The molecule has 0 bridgehead atoms. The molecule has 1 aromatic carbocycles. The van der Waals surface area contributed by atoms with E-state index in [2.05, 4.69) is 12.2 Å². The van der Waals surface area contributed by atoms with Crippen molar-refractivity contribution in [2.45, 2.75) is 32.7 Å². The third-order valence-electron chi connectivity index (χ3n) is 4.29. The molecule has 1 fully saturated rings. The molecule has 5 nitrogen and oxygen atoms in total. The van der Waals surface area contributed by atoms with Crippen molar-refractivity contribution in [3.05, 3.63) is 29.8 Å². The van der Waals surface area contributed by atoms with Gasteiger partial charge in [-0.05, 0) is 30.5 Å². The number of carbonyl (C=O) groups excluding carboxylic acids is 2. The van der Waals surface area contributed by atoms with Gasteiger partial charge in [0, 0.05) is 20.1 Å². The number of carbonyl (C=O) groups is 2. The second kappa shape index (κ2) is 7.99. The molecular weight excluding hydrogens is 292 g/mol. The monoisotopic (exact) mass is 318 g/mol. The van der Waals surface area contributed by atoms with Gasteiger partial charge in [0.05, 0.1) is 18.9 Å². The van der Waals surface area contributed by atoms with Crippen molar-refractivity contribution in [3.8, 4) is 5.75 Å². The summed E-state index contributed by atoms with van der Waals surface area (Å²) < 4.78 is 5.10. The summed E-state index contributed by atoms with van der Waals surface area (Å²) in [5, 5.41) is 2.91. The first-order valence-corrected chi connectivity index (χ1v) is 8.22. The summed E-state index contributed by atoms with van der Waals surface area (Å²) in [7, 11) is 3.45. The molecule has 5 heteroatoms. The molecule has 0 aromatic heterocycles. The van der Waals surface area contributed by atoms with E-state index in [0.717, 1.165) is 30.7 Å². The van der Waals surface area contributed by atoms with E-state index >= 15 is 0 Å². The van der Waals surface area contributed by atoms with Crippen LogP contribution in [0.1, 0.15) is 31.7 Å². The maximum Gasteiger partial charge on any atom is 0.226 e. The Balaban J connectivity index is 1.75. The number of hydrogen-bond donors (Lipinski definition) is 1. The Morgan fingerprint density at radius 2 is 1.96 bits per heavy atom. The fourth-order valence-electron chi connectivity index (χ4n) is 2.61. The second-order valence-corrected chi connectivity index (χ2v) is 6.13. The molecule has 1 aromatic rings. The SMILES string of the molecule is CCCCN(C)C(=O)C1CC1C(=O)NCc1ccc(OC)cc1. The molecule has 1 saturated carbocycles. The molecule has 0 saturated heterocycles. The van der Waals surface area contributed by atoms with Gasteiger partial charge in [-0.3, -0.25) is 9.59 Å². The van der Waals surface area contributed by atoms with E-state index in [1.807, 2.05) is 31.3 Å². The van der Waals surface area contributed by atoms with E-state index in [4.69, 9.17) is 4.74 Å². The Morgan fingerprint density at radius 1 is 1.26 bits per heavy atom. The molecule has 2 rings (SSSR count). The first kappa shape index (κ1) is 17.3. The molecular formula is C18H26N2O3. The van der Waals surface area contributed by atoms with Gasteiger partial charge in [-0.15, -0.1) is 0 Å². The highest BCUT2D eigenvalue weighted by molar-refractivity contribution is 5.92.